The fourth-order valence-corrected chi connectivity index (χ4v) is 3.67. The molecule has 5 heteroatoms. The SMILES string of the molecule is CC1(CC(F)(F)F)Cn2c(nc3ccccc32)-c2ccccc21. The first kappa shape index (κ1) is 14.3. The third-order valence-corrected chi connectivity index (χ3v) is 4.57. The largest absolute Gasteiger partial charge is 0.390 e. The molecule has 0 amide bonds. The summed E-state index contributed by atoms with van der Waals surface area (Å²) < 4.78 is 41.4. The summed E-state index contributed by atoms with van der Waals surface area (Å²) in [6.45, 7) is 1.97. The van der Waals surface area contributed by atoms with E-state index < -0.39 is 18.0 Å². The average molecular weight is 316 g/mol. The Balaban J connectivity index is 1.98. The number of halogens is 3. The summed E-state index contributed by atoms with van der Waals surface area (Å²) in [5, 5.41) is 0. The highest BCUT2D eigenvalue weighted by molar-refractivity contribution is 5.82. The van der Waals surface area contributed by atoms with Gasteiger partial charge in [-0.2, -0.15) is 13.2 Å². The molecule has 0 spiro atoms. The molecule has 23 heavy (non-hydrogen) atoms. The van der Waals surface area contributed by atoms with E-state index in [1.54, 1.807) is 19.1 Å². The van der Waals surface area contributed by atoms with Crippen molar-refractivity contribution in [3.05, 3.63) is 54.1 Å². The van der Waals surface area contributed by atoms with E-state index in [0.29, 0.717) is 0 Å². The van der Waals surface area contributed by atoms with Crippen LogP contribution >= 0.6 is 0 Å². The topological polar surface area (TPSA) is 17.8 Å². The Kier molecular flexibility index (Phi) is 2.86. The summed E-state index contributed by atoms with van der Waals surface area (Å²) in [6, 6.07) is 14.9. The number of nitrogens with zero attached hydrogens (tertiary/aromatic N) is 2. The molecule has 4 rings (SSSR count). The van der Waals surface area contributed by atoms with Crippen LogP contribution in [0.5, 0.6) is 0 Å². The Morgan fingerprint density at radius 2 is 1.78 bits per heavy atom. The first-order valence-electron chi connectivity index (χ1n) is 7.49. The molecule has 0 radical (unpaired) electrons. The van der Waals surface area contributed by atoms with Crippen LogP contribution in [0, 0.1) is 0 Å². The second-order valence-electron chi connectivity index (χ2n) is 6.41. The van der Waals surface area contributed by atoms with Gasteiger partial charge in [0.05, 0.1) is 17.5 Å². The predicted molar refractivity (Wildman–Crippen MR) is 83.2 cm³/mol. The molecule has 1 aliphatic rings. The van der Waals surface area contributed by atoms with Crippen molar-refractivity contribution in [1.29, 1.82) is 0 Å². The van der Waals surface area contributed by atoms with E-state index in [1.165, 1.54) is 0 Å². The summed E-state index contributed by atoms with van der Waals surface area (Å²) in [6.07, 6.45) is -5.06. The Bertz CT molecular complexity index is 895. The molecule has 0 bridgehead atoms. The van der Waals surface area contributed by atoms with E-state index >= 15 is 0 Å². The number of benzene rings is 2. The molecular weight excluding hydrogens is 301 g/mol. The number of rotatable bonds is 1. The first-order chi connectivity index (χ1) is 10.9. The van der Waals surface area contributed by atoms with Gasteiger partial charge in [-0.25, -0.2) is 4.98 Å². The summed E-state index contributed by atoms with van der Waals surface area (Å²) >= 11 is 0. The lowest BCUT2D eigenvalue weighted by molar-refractivity contribution is -0.148. The molecule has 2 nitrogen and oxygen atoms in total. The van der Waals surface area contributed by atoms with E-state index in [-0.39, 0.29) is 6.54 Å². The normalized spacial score (nSPS) is 20.3. The van der Waals surface area contributed by atoms with Crippen LogP contribution in [0.4, 0.5) is 13.2 Å². The molecule has 0 N–H and O–H groups in total. The van der Waals surface area contributed by atoms with Crippen molar-refractivity contribution in [1.82, 2.24) is 9.55 Å². The maximum atomic E-state index is 13.2. The van der Waals surface area contributed by atoms with Crippen molar-refractivity contribution in [2.45, 2.75) is 31.5 Å². The van der Waals surface area contributed by atoms with Gasteiger partial charge < -0.3 is 4.57 Å². The van der Waals surface area contributed by atoms with Crippen LogP contribution in [0.2, 0.25) is 0 Å². The van der Waals surface area contributed by atoms with Gasteiger partial charge in [0.2, 0.25) is 0 Å². The molecule has 1 aromatic heterocycles. The van der Waals surface area contributed by atoms with Gasteiger partial charge in [-0.05, 0) is 17.7 Å². The maximum absolute atomic E-state index is 13.2. The average Bonchev–Trinajstić information content (AvgIpc) is 2.84. The second-order valence-corrected chi connectivity index (χ2v) is 6.41. The van der Waals surface area contributed by atoms with E-state index in [4.69, 9.17) is 0 Å². The van der Waals surface area contributed by atoms with Gasteiger partial charge in [0.15, 0.2) is 0 Å². The van der Waals surface area contributed by atoms with E-state index in [0.717, 1.165) is 28.0 Å². The van der Waals surface area contributed by atoms with Crippen LogP contribution in [0.1, 0.15) is 18.9 Å². The van der Waals surface area contributed by atoms with Gasteiger partial charge in [-0.15, -0.1) is 0 Å². The number of imidazole rings is 1. The van der Waals surface area contributed by atoms with Crippen LogP contribution < -0.4 is 0 Å². The molecule has 1 atom stereocenters. The fourth-order valence-electron chi connectivity index (χ4n) is 3.67. The highest BCUT2D eigenvalue weighted by atomic mass is 19.4. The summed E-state index contributed by atoms with van der Waals surface area (Å²) in [7, 11) is 0. The molecule has 0 saturated heterocycles. The highest BCUT2D eigenvalue weighted by Gasteiger charge is 2.44. The van der Waals surface area contributed by atoms with Crippen molar-refractivity contribution in [2.75, 3.05) is 0 Å². The van der Waals surface area contributed by atoms with Crippen LogP contribution in [0.3, 0.4) is 0 Å². The summed E-state index contributed by atoms with van der Waals surface area (Å²) in [4.78, 5) is 4.64. The Labute approximate surface area is 131 Å². The number of fused-ring (bicyclic) bond motifs is 5. The summed E-state index contributed by atoms with van der Waals surface area (Å²) in [5.41, 5.74) is 2.21. The number of hydrogen-bond acceptors (Lipinski definition) is 1. The van der Waals surface area contributed by atoms with Gasteiger partial charge in [0, 0.05) is 17.5 Å². The maximum Gasteiger partial charge on any atom is 0.390 e. The minimum atomic E-state index is -4.21. The lowest BCUT2D eigenvalue weighted by atomic mass is 9.74. The second kappa shape index (κ2) is 4.60. The molecule has 0 aliphatic carbocycles. The third-order valence-electron chi connectivity index (χ3n) is 4.57. The zero-order chi connectivity index (χ0) is 16.2. The fraction of sp³-hybridized carbons (Fsp3) is 0.278. The Morgan fingerprint density at radius 3 is 2.57 bits per heavy atom. The molecule has 0 saturated carbocycles. The van der Waals surface area contributed by atoms with Gasteiger partial charge in [-0.3, -0.25) is 0 Å². The molecule has 1 aliphatic heterocycles. The van der Waals surface area contributed by atoms with E-state index in [9.17, 15) is 13.2 Å². The van der Waals surface area contributed by atoms with Crippen molar-refractivity contribution in [3.63, 3.8) is 0 Å². The van der Waals surface area contributed by atoms with Crippen molar-refractivity contribution < 1.29 is 13.2 Å². The summed E-state index contributed by atoms with van der Waals surface area (Å²) in [5.74, 6) is 0.751. The van der Waals surface area contributed by atoms with Crippen molar-refractivity contribution in [2.24, 2.45) is 0 Å². The Hall–Kier alpha value is -2.30. The molecular formula is C18H15F3N2. The monoisotopic (exact) mass is 316 g/mol. The van der Waals surface area contributed by atoms with Gasteiger partial charge in [0.1, 0.15) is 5.82 Å². The number of hydrogen-bond donors (Lipinski definition) is 0. The zero-order valence-corrected chi connectivity index (χ0v) is 12.6. The molecule has 118 valence electrons. The van der Waals surface area contributed by atoms with Gasteiger partial charge in [-0.1, -0.05) is 43.3 Å². The number of para-hydroxylation sites is 2. The van der Waals surface area contributed by atoms with Crippen molar-refractivity contribution in [3.8, 4) is 11.4 Å². The smallest absolute Gasteiger partial charge is 0.323 e. The number of alkyl halides is 3. The Morgan fingerprint density at radius 1 is 1.09 bits per heavy atom. The van der Waals surface area contributed by atoms with Crippen LogP contribution in [-0.2, 0) is 12.0 Å². The molecule has 2 aromatic carbocycles. The first-order valence-corrected chi connectivity index (χ1v) is 7.49. The molecule has 3 aromatic rings. The van der Waals surface area contributed by atoms with Gasteiger partial charge >= 0.3 is 6.18 Å². The lowest BCUT2D eigenvalue weighted by Gasteiger charge is -2.37. The lowest BCUT2D eigenvalue weighted by Crippen LogP contribution is -2.37. The van der Waals surface area contributed by atoms with Crippen LogP contribution in [0.15, 0.2) is 48.5 Å². The standard InChI is InChI=1S/C18H15F3N2/c1-17(10-18(19,20)21)11-23-15-9-5-4-8-14(15)22-16(23)12-6-2-3-7-13(12)17/h2-9H,10-11H2,1H3. The van der Waals surface area contributed by atoms with E-state index in [2.05, 4.69) is 4.98 Å². The third kappa shape index (κ3) is 2.22. The minimum absolute atomic E-state index is 0.277. The van der Waals surface area contributed by atoms with Crippen molar-refractivity contribution >= 4 is 11.0 Å². The quantitative estimate of drug-likeness (QED) is 0.622. The minimum Gasteiger partial charge on any atom is -0.323 e. The van der Waals surface area contributed by atoms with E-state index in [1.807, 2.05) is 41.0 Å². The van der Waals surface area contributed by atoms with Crippen LogP contribution in [-0.4, -0.2) is 15.7 Å². The molecule has 1 unspecified atom stereocenters. The predicted octanol–water partition coefficient (Wildman–Crippen LogP) is 4.93. The van der Waals surface area contributed by atoms with Crippen LogP contribution in [0.25, 0.3) is 22.4 Å². The number of aromatic nitrogens is 2. The molecule has 2 heterocycles. The molecule has 0 fully saturated rings. The zero-order valence-electron chi connectivity index (χ0n) is 12.6. The van der Waals surface area contributed by atoms with Gasteiger partial charge in [0.25, 0.3) is 0 Å². The highest BCUT2D eigenvalue weighted by Crippen LogP contribution is 2.46.